The molecule has 0 aliphatic rings. The topological polar surface area (TPSA) is 75.6 Å². The summed E-state index contributed by atoms with van der Waals surface area (Å²) < 4.78 is 5.64. The number of carbonyl (C=O) groups excluding carboxylic acids is 1. The summed E-state index contributed by atoms with van der Waals surface area (Å²) in [7, 11) is 0. The molecule has 26 heavy (non-hydrogen) atoms. The summed E-state index contributed by atoms with van der Waals surface area (Å²) in [6, 6.07) is 13.1. The molecule has 0 saturated heterocycles. The molecule has 2 aromatic carbocycles. The molecule has 0 heterocycles. The lowest BCUT2D eigenvalue weighted by Crippen LogP contribution is -2.27. The molecule has 2 N–H and O–H groups in total. The second-order valence-electron chi connectivity index (χ2n) is 6.70. The predicted octanol–water partition coefficient (Wildman–Crippen LogP) is 3.97. The Balaban J connectivity index is 1.94. The quantitative estimate of drug-likeness (QED) is 0.788. The highest BCUT2D eigenvalue weighted by atomic mass is 16.5. The highest BCUT2D eigenvalue weighted by molar-refractivity contribution is 5.92. The number of benzene rings is 2. The lowest BCUT2D eigenvalue weighted by molar-refractivity contribution is -0.143. The van der Waals surface area contributed by atoms with E-state index in [0.29, 0.717) is 5.75 Å². The number of nitrogens with one attached hydrogen (secondary N) is 1. The number of anilines is 1. The van der Waals surface area contributed by atoms with Crippen LogP contribution in [0.25, 0.3) is 0 Å². The molecule has 0 bridgehead atoms. The Morgan fingerprint density at radius 3 is 2.15 bits per heavy atom. The molecule has 0 radical (unpaired) electrons. The van der Waals surface area contributed by atoms with Crippen molar-refractivity contribution in [1.29, 1.82) is 0 Å². The first-order valence-electron chi connectivity index (χ1n) is 8.61. The normalized spacial score (nSPS) is 12.9. The molecule has 0 aliphatic heterocycles. The second-order valence-corrected chi connectivity index (χ2v) is 6.70. The van der Waals surface area contributed by atoms with Gasteiger partial charge in [-0.05, 0) is 68.7 Å². The van der Waals surface area contributed by atoms with Crippen LogP contribution < -0.4 is 10.1 Å². The van der Waals surface area contributed by atoms with Crippen LogP contribution in [-0.4, -0.2) is 23.1 Å². The van der Waals surface area contributed by atoms with Gasteiger partial charge in [-0.15, -0.1) is 0 Å². The van der Waals surface area contributed by atoms with E-state index in [4.69, 9.17) is 9.84 Å². The first-order valence-corrected chi connectivity index (χ1v) is 8.61. The molecule has 0 spiro atoms. The van der Waals surface area contributed by atoms with E-state index in [9.17, 15) is 9.59 Å². The maximum atomic E-state index is 12.2. The van der Waals surface area contributed by atoms with Gasteiger partial charge in [0.1, 0.15) is 11.9 Å². The summed E-state index contributed by atoms with van der Waals surface area (Å²) in [6.45, 7) is 7.32. The minimum Gasteiger partial charge on any atom is -0.490 e. The Labute approximate surface area is 154 Å². The Bertz CT molecular complexity index is 763. The van der Waals surface area contributed by atoms with Crippen LogP contribution in [0.5, 0.6) is 5.75 Å². The van der Waals surface area contributed by atoms with Crippen molar-refractivity contribution in [2.75, 3.05) is 5.32 Å². The van der Waals surface area contributed by atoms with E-state index in [1.165, 1.54) is 0 Å². The highest BCUT2D eigenvalue weighted by Gasteiger charge is 2.20. The zero-order valence-electron chi connectivity index (χ0n) is 15.6. The van der Waals surface area contributed by atoms with E-state index in [1.54, 1.807) is 26.0 Å². The van der Waals surface area contributed by atoms with Gasteiger partial charge in [0.05, 0.1) is 12.3 Å². The number of carboxylic acids is 1. The zero-order chi connectivity index (χ0) is 19.3. The number of hydrogen-bond donors (Lipinski definition) is 2. The zero-order valence-corrected chi connectivity index (χ0v) is 15.6. The van der Waals surface area contributed by atoms with E-state index in [-0.39, 0.29) is 12.3 Å². The lowest BCUT2D eigenvalue weighted by Gasteiger charge is -2.18. The Morgan fingerprint density at radius 1 is 1.04 bits per heavy atom. The fourth-order valence-electron chi connectivity index (χ4n) is 2.64. The van der Waals surface area contributed by atoms with Crippen molar-refractivity contribution in [3.05, 3.63) is 59.2 Å². The summed E-state index contributed by atoms with van der Waals surface area (Å²) in [5, 5.41) is 11.9. The van der Waals surface area contributed by atoms with Crippen LogP contribution in [0.4, 0.5) is 5.69 Å². The molecule has 0 aromatic heterocycles. The molecule has 138 valence electrons. The second kappa shape index (κ2) is 8.52. The van der Waals surface area contributed by atoms with Gasteiger partial charge in [-0.2, -0.15) is 0 Å². The summed E-state index contributed by atoms with van der Waals surface area (Å²) >= 11 is 0. The molecule has 5 heteroatoms. The summed E-state index contributed by atoms with van der Waals surface area (Å²) in [6.07, 6.45) is -0.180. The molecule has 2 rings (SSSR count). The number of ether oxygens (including phenoxy) is 1. The van der Waals surface area contributed by atoms with Crippen LogP contribution in [0.3, 0.4) is 0 Å². The third-order valence-electron chi connectivity index (χ3n) is 4.21. The van der Waals surface area contributed by atoms with Gasteiger partial charge in [0.25, 0.3) is 0 Å². The summed E-state index contributed by atoms with van der Waals surface area (Å²) in [4.78, 5) is 23.2. The van der Waals surface area contributed by atoms with Gasteiger partial charge in [-0.25, -0.2) is 0 Å². The van der Waals surface area contributed by atoms with Crippen molar-refractivity contribution >= 4 is 17.6 Å². The maximum Gasteiger partial charge on any atom is 0.309 e. The van der Waals surface area contributed by atoms with E-state index < -0.39 is 18.0 Å². The van der Waals surface area contributed by atoms with Gasteiger partial charge in [0.2, 0.25) is 5.91 Å². The van der Waals surface area contributed by atoms with Crippen LogP contribution >= 0.6 is 0 Å². The van der Waals surface area contributed by atoms with Gasteiger partial charge < -0.3 is 15.2 Å². The fraction of sp³-hybridized carbons (Fsp3) is 0.333. The van der Waals surface area contributed by atoms with Crippen molar-refractivity contribution in [3.8, 4) is 5.75 Å². The Hall–Kier alpha value is -2.82. The highest BCUT2D eigenvalue weighted by Crippen LogP contribution is 2.18. The van der Waals surface area contributed by atoms with Crippen LogP contribution in [0.1, 0.15) is 30.5 Å². The van der Waals surface area contributed by atoms with Crippen molar-refractivity contribution in [1.82, 2.24) is 0 Å². The lowest BCUT2D eigenvalue weighted by atomic mass is 10.1. The fourth-order valence-corrected chi connectivity index (χ4v) is 2.64. The van der Waals surface area contributed by atoms with E-state index in [0.717, 1.165) is 22.4 Å². The molecule has 2 aromatic rings. The molecular weight excluding hydrogens is 330 g/mol. The van der Waals surface area contributed by atoms with Gasteiger partial charge in [-0.1, -0.05) is 18.2 Å². The van der Waals surface area contributed by atoms with Crippen molar-refractivity contribution in [2.24, 2.45) is 5.92 Å². The van der Waals surface area contributed by atoms with Gasteiger partial charge in [0, 0.05) is 5.69 Å². The van der Waals surface area contributed by atoms with Gasteiger partial charge in [0.15, 0.2) is 0 Å². The number of carboxylic acid groups (broad SMARTS) is 1. The SMILES string of the molecule is Cc1cc(C)cc(NC(=O)Cc2ccc(OC(C)C(C)C(=O)O)cc2)c1. The van der Waals surface area contributed by atoms with E-state index >= 15 is 0 Å². The first-order chi connectivity index (χ1) is 12.2. The van der Waals surface area contributed by atoms with Crippen molar-refractivity contribution in [2.45, 2.75) is 40.2 Å². The smallest absolute Gasteiger partial charge is 0.309 e. The number of hydrogen-bond acceptors (Lipinski definition) is 3. The molecule has 5 nitrogen and oxygen atoms in total. The number of aryl methyl sites for hydroxylation is 2. The monoisotopic (exact) mass is 355 g/mol. The van der Waals surface area contributed by atoms with Crippen LogP contribution in [0, 0.1) is 19.8 Å². The number of carbonyl (C=O) groups is 2. The summed E-state index contributed by atoms with van der Waals surface area (Å²) in [5.41, 5.74) is 3.86. The van der Waals surface area contributed by atoms with Crippen molar-refractivity contribution in [3.63, 3.8) is 0 Å². The van der Waals surface area contributed by atoms with Crippen molar-refractivity contribution < 1.29 is 19.4 Å². The third-order valence-corrected chi connectivity index (χ3v) is 4.21. The number of rotatable bonds is 7. The minimum atomic E-state index is -0.892. The van der Waals surface area contributed by atoms with Gasteiger partial charge >= 0.3 is 5.97 Å². The maximum absolute atomic E-state index is 12.2. The summed E-state index contributed by atoms with van der Waals surface area (Å²) in [5.74, 6) is -0.990. The average Bonchev–Trinajstić information content (AvgIpc) is 2.54. The molecule has 0 fully saturated rings. The van der Waals surface area contributed by atoms with Crippen LogP contribution in [0.15, 0.2) is 42.5 Å². The van der Waals surface area contributed by atoms with E-state index in [2.05, 4.69) is 11.4 Å². The largest absolute Gasteiger partial charge is 0.490 e. The molecule has 2 atom stereocenters. The predicted molar refractivity (Wildman–Crippen MR) is 102 cm³/mol. The van der Waals surface area contributed by atoms with Crippen LogP contribution in [-0.2, 0) is 16.0 Å². The van der Waals surface area contributed by atoms with E-state index in [1.807, 2.05) is 38.1 Å². The average molecular weight is 355 g/mol. The number of aliphatic carboxylic acids is 1. The van der Waals surface area contributed by atoms with Crippen LogP contribution in [0.2, 0.25) is 0 Å². The molecule has 0 saturated carbocycles. The molecular formula is C21H25NO4. The Kier molecular flexibility index (Phi) is 6.39. The molecule has 0 aliphatic carbocycles. The first kappa shape index (κ1) is 19.5. The van der Waals surface area contributed by atoms with Gasteiger partial charge in [-0.3, -0.25) is 9.59 Å². The molecule has 2 unspecified atom stereocenters. The standard InChI is InChI=1S/C21H25NO4/c1-13-9-14(2)11-18(10-13)22-20(23)12-17-5-7-19(8-6-17)26-16(4)15(3)21(24)25/h5-11,15-16H,12H2,1-4H3,(H,22,23)(H,24,25). The Morgan fingerprint density at radius 2 is 1.62 bits per heavy atom. The third kappa shape index (κ3) is 5.62. The minimum absolute atomic E-state index is 0.0865. The number of amides is 1. The molecule has 1 amide bonds.